The molecule has 0 radical (unpaired) electrons. The van der Waals surface area contributed by atoms with Crippen LogP contribution in [-0.2, 0) is 25.8 Å². The number of rotatable bonds is 1. The summed E-state index contributed by atoms with van der Waals surface area (Å²) in [5.74, 6) is 0.492. The van der Waals surface area contributed by atoms with Crippen LogP contribution in [0.15, 0.2) is 40.0 Å². The molecule has 17 heavy (non-hydrogen) atoms. The van der Waals surface area contributed by atoms with Gasteiger partial charge < -0.3 is 24.8 Å². The summed E-state index contributed by atoms with van der Waals surface area (Å²) in [6.45, 7) is 8.80. The first-order valence-electron chi connectivity index (χ1n) is 5.27. The van der Waals surface area contributed by atoms with E-state index in [2.05, 4.69) is 45.9 Å². The summed E-state index contributed by atoms with van der Waals surface area (Å²) < 4.78 is 0. The summed E-state index contributed by atoms with van der Waals surface area (Å²) in [7, 11) is 0. The Balaban J connectivity index is 0. The van der Waals surface area contributed by atoms with Gasteiger partial charge in [0.25, 0.3) is 0 Å². The van der Waals surface area contributed by atoms with E-state index in [-0.39, 0.29) is 50.7 Å². The Morgan fingerprint density at radius 1 is 1.18 bits per heavy atom. The van der Waals surface area contributed by atoms with E-state index in [4.69, 9.17) is 0 Å². The second kappa shape index (κ2) is 7.76. The molecule has 0 aliphatic heterocycles. The number of halogens is 2. The van der Waals surface area contributed by atoms with Crippen LogP contribution in [-0.4, -0.2) is 0 Å². The Morgan fingerprint density at radius 2 is 1.76 bits per heavy atom. The average Bonchev–Trinajstić information content (AvgIpc) is 2.55. The van der Waals surface area contributed by atoms with Crippen molar-refractivity contribution >= 4 is 0 Å². The summed E-state index contributed by atoms with van der Waals surface area (Å²) in [5.41, 5.74) is 7.14. The third kappa shape index (κ3) is 4.22. The predicted molar refractivity (Wildman–Crippen MR) is 60.8 cm³/mol. The first kappa shape index (κ1) is 19.7. The van der Waals surface area contributed by atoms with Crippen LogP contribution in [0.1, 0.15) is 34.1 Å². The van der Waals surface area contributed by atoms with Gasteiger partial charge in [0.1, 0.15) is 0 Å². The average molecular weight is 435 g/mol. The molecule has 2 aliphatic rings. The van der Waals surface area contributed by atoms with Gasteiger partial charge in [-0.2, -0.15) is 17.2 Å². The zero-order valence-electron chi connectivity index (χ0n) is 10.7. The molecule has 0 saturated carbocycles. The van der Waals surface area contributed by atoms with Crippen molar-refractivity contribution in [3.05, 3.63) is 46.1 Å². The second-order valence-electron chi connectivity index (χ2n) is 4.49. The summed E-state index contributed by atoms with van der Waals surface area (Å²) in [6.07, 6.45) is 9.23. The first-order valence-corrected chi connectivity index (χ1v) is 5.27. The molecular weight excluding hydrogens is 418 g/mol. The van der Waals surface area contributed by atoms with Crippen LogP contribution >= 0.6 is 0 Å². The Bertz CT molecular complexity index is 400. The predicted octanol–water partition coefficient (Wildman–Crippen LogP) is -2.02. The zero-order valence-corrected chi connectivity index (χ0v) is 15.8. The van der Waals surface area contributed by atoms with Crippen LogP contribution in [0.5, 0.6) is 0 Å². The summed E-state index contributed by atoms with van der Waals surface area (Å²) in [4.78, 5) is 0. The van der Waals surface area contributed by atoms with E-state index in [1.54, 1.807) is 0 Å². The molecule has 0 spiro atoms. The molecule has 1 atom stereocenters. The molecule has 2 aliphatic carbocycles. The molecule has 0 aromatic carbocycles. The van der Waals surface area contributed by atoms with Gasteiger partial charge in [0, 0.05) is 25.8 Å². The molecule has 1 unspecified atom stereocenters. The van der Waals surface area contributed by atoms with Crippen molar-refractivity contribution in [2.75, 3.05) is 0 Å². The molecule has 0 aromatic heterocycles. The minimum absolute atomic E-state index is 0. The van der Waals surface area contributed by atoms with Crippen LogP contribution in [0.25, 0.3) is 0 Å². The van der Waals surface area contributed by atoms with Crippen LogP contribution < -0.4 is 24.8 Å². The molecule has 0 N–H and O–H groups in total. The Hall–Kier alpha value is 0.410. The number of hydrogen-bond donors (Lipinski definition) is 0. The van der Waals surface area contributed by atoms with Crippen LogP contribution in [0.4, 0.5) is 0 Å². The van der Waals surface area contributed by atoms with Crippen molar-refractivity contribution in [2.45, 2.75) is 34.1 Å². The Labute approximate surface area is 136 Å². The second-order valence-corrected chi connectivity index (χ2v) is 4.49. The standard InChI is InChI=1S/C14H17.2ClH.Hf/c1-9-5-11(3)13(7-9)14-8-10(2)6-12(14)4;;;/h5-6,10H,7H2,1-4H3;2*1H;/q-1;;;/p-2. The SMILES string of the molecule is CC1=CC(C)=C(C2=[C-]C(C)C=C2C)C1.[Cl-].[Cl-].[Hf]. The van der Waals surface area contributed by atoms with Crippen molar-refractivity contribution in [2.24, 2.45) is 5.92 Å². The van der Waals surface area contributed by atoms with E-state index < -0.39 is 0 Å². The van der Waals surface area contributed by atoms with Gasteiger partial charge in [0.05, 0.1) is 0 Å². The van der Waals surface area contributed by atoms with Crippen molar-refractivity contribution in [3.63, 3.8) is 0 Å². The van der Waals surface area contributed by atoms with E-state index >= 15 is 0 Å². The van der Waals surface area contributed by atoms with Crippen molar-refractivity contribution < 1.29 is 50.7 Å². The maximum Gasteiger partial charge on any atom is 0 e. The quantitative estimate of drug-likeness (QED) is 0.330. The van der Waals surface area contributed by atoms with E-state index in [1.807, 2.05) is 0 Å². The van der Waals surface area contributed by atoms with Gasteiger partial charge in [-0.1, -0.05) is 44.8 Å². The minimum atomic E-state index is 0. The third-order valence-corrected chi connectivity index (χ3v) is 2.96. The molecule has 0 amide bonds. The molecule has 0 fully saturated rings. The fraction of sp³-hybridized carbons (Fsp3) is 0.429. The molecule has 0 heterocycles. The van der Waals surface area contributed by atoms with Gasteiger partial charge in [-0.15, -0.1) is 17.2 Å². The monoisotopic (exact) mass is 435 g/mol. The van der Waals surface area contributed by atoms with E-state index in [9.17, 15) is 0 Å². The number of hydrogen-bond acceptors (Lipinski definition) is 0. The van der Waals surface area contributed by atoms with Gasteiger partial charge in [0.15, 0.2) is 0 Å². The Morgan fingerprint density at radius 3 is 2.12 bits per heavy atom. The normalized spacial score (nSPS) is 21.9. The Kier molecular flexibility index (Phi) is 9.01. The largest absolute Gasteiger partial charge is 1.00 e. The van der Waals surface area contributed by atoms with Gasteiger partial charge in [-0.05, 0) is 6.92 Å². The summed E-state index contributed by atoms with van der Waals surface area (Å²) >= 11 is 0. The van der Waals surface area contributed by atoms with E-state index in [0.717, 1.165) is 6.42 Å². The molecule has 2 rings (SSSR count). The maximum atomic E-state index is 3.53. The van der Waals surface area contributed by atoms with Gasteiger partial charge in [-0.25, -0.2) is 0 Å². The summed E-state index contributed by atoms with van der Waals surface area (Å²) in [5, 5.41) is 0. The molecule has 0 aromatic rings. The van der Waals surface area contributed by atoms with Gasteiger partial charge in [0.2, 0.25) is 0 Å². The molecule has 94 valence electrons. The van der Waals surface area contributed by atoms with Gasteiger partial charge >= 0.3 is 0 Å². The zero-order chi connectivity index (χ0) is 10.3. The van der Waals surface area contributed by atoms with Crippen LogP contribution in [0.3, 0.4) is 0 Å². The van der Waals surface area contributed by atoms with Crippen LogP contribution in [0, 0.1) is 12.0 Å². The molecule has 0 bridgehead atoms. The first-order chi connectivity index (χ1) is 6.58. The molecular formula is C14H17Cl2Hf-3. The number of allylic oxidation sites excluding steroid dienone is 8. The molecule has 3 heteroatoms. The van der Waals surface area contributed by atoms with Crippen molar-refractivity contribution in [3.8, 4) is 0 Å². The maximum absolute atomic E-state index is 3.53. The van der Waals surface area contributed by atoms with Crippen molar-refractivity contribution in [1.82, 2.24) is 0 Å². The van der Waals surface area contributed by atoms with E-state index in [0.29, 0.717) is 5.92 Å². The summed E-state index contributed by atoms with van der Waals surface area (Å²) in [6, 6.07) is 0. The van der Waals surface area contributed by atoms with Crippen molar-refractivity contribution in [1.29, 1.82) is 0 Å². The topological polar surface area (TPSA) is 0 Å². The smallest absolute Gasteiger partial charge is 0 e. The minimum Gasteiger partial charge on any atom is -1.00 e. The van der Waals surface area contributed by atoms with Crippen LogP contribution in [0.2, 0.25) is 0 Å². The fourth-order valence-corrected chi connectivity index (χ4v) is 2.38. The molecule has 0 saturated heterocycles. The third-order valence-electron chi connectivity index (χ3n) is 2.96. The molecule has 0 nitrogen and oxygen atoms in total. The van der Waals surface area contributed by atoms with E-state index in [1.165, 1.54) is 27.9 Å². The van der Waals surface area contributed by atoms with Gasteiger partial charge in [-0.3, -0.25) is 0 Å². The fourth-order valence-electron chi connectivity index (χ4n) is 2.38.